The quantitative estimate of drug-likeness (QED) is 0.438. The van der Waals surface area contributed by atoms with Crippen LogP contribution in [0, 0.1) is 0 Å². The Bertz CT molecular complexity index is 153. The summed E-state index contributed by atoms with van der Waals surface area (Å²) in [5.41, 5.74) is 2.19. The first kappa shape index (κ1) is 18.0. The lowest BCUT2D eigenvalue weighted by Crippen LogP contribution is -1.69. The summed E-state index contributed by atoms with van der Waals surface area (Å²) in [5, 5.41) is 0. The molecule has 0 saturated heterocycles. The lowest BCUT2D eigenvalue weighted by Gasteiger charge is -1.89. The molecular formula is C12H25N. The van der Waals surface area contributed by atoms with Crippen LogP contribution in [-0.4, -0.2) is 6.72 Å². The van der Waals surface area contributed by atoms with Crippen molar-refractivity contribution in [2.75, 3.05) is 0 Å². The molecule has 0 radical (unpaired) electrons. The highest BCUT2D eigenvalue weighted by molar-refractivity contribution is 5.30. The Morgan fingerprint density at radius 1 is 1.08 bits per heavy atom. The van der Waals surface area contributed by atoms with E-state index in [1.54, 1.807) is 0 Å². The fraction of sp³-hybridized carbons (Fsp3) is 0.583. The van der Waals surface area contributed by atoms with Crippen molar-refractivity contribution < 1.29 is 0 Å². The third-order valence-electron chi connectivity index (χ3n) is 1.14. The van der Waals surface area contributed by atoms with Gasteiger partial charge in [0, 0.05) is 5.70 Å². The van der Waals surface area contributed by atoms with Gasteiger partial charge in [-0.05, 0) is 33.6 Å². The molecule has 0 unspecified atom stereocenters. The highest BCUT2D eigenvalue weighted by Crippen LogP contribution is 2.00. The summed E-state index contributed by atoms with van der Waals surface area (Å²) < 4.78 is 0. The molecule has 0 aromatic heterocycles. The van der Waals surface area contributed by atoms with E-state index in [1.807, 2.05) is 60.6 Å². The summed E-state index contributed by atoms with van der Waals surface area (Å²) in [7, 11) is 0. The lowest BCUT2D eigenvalue weighted by atomic mass is 10.2. The van der Waals surface area contributed by atoms with Crippen molar-refractivity contribution in [3.8, 4) is 0 Å². The molecule has 0 amide bonds. The Hall–Kier alpha value is -0.850. The SMILES string of the molecule is C=N/C(C)=C\C(C)=C/C.CC.CC. The molecule has 0 atom stereocenters. The van der Waals surface area contributed by atoms with Crippen LogP contribution in [0.1, 0.15) is 48.5 Å². The number of hydrogen-bond acceptors (Lipinski definition) is 1. The standard InChI is InChI=1S/C8H13N.2C2H6/c1-5-7(2)6-8(3)9-4;2*1-2/h5-6H,4H2,1-3H3;2*1-2H3/b7-5-,8-6-;;. The zero-order chi connectivity index (χ0) is 11.3. The normalized spacial score (nSPS) is 10.4. The van der Waals surface area contributed by atoms with E-state index in [-0.39, 0.29) is 0 Å². The number of aliphatic imine (C=N–C) groups is 1. The number of rotatable bonds is 2. The van der Waals surface area contributed by atoms with Gasteiger partial charge < -0.3 is 0 Å². The highest BCUT2D eigenvalue weighted by Gasteiger charge is 1.80. The second-order valence-corrected chi connectivity index (χ2v) is 1.98. The molecule has 1 heteroatoms. The van der Waals surface area contributed by atoms with Crippen LogP contribution in [0.15, 0.2) is 28.4 Å². The van der Waals surface area contributed by atoms with Gasteiger partial charge in [-0.3, -0.25) is 4.99 Å². The van der Waals surface area contributed by atoms with Crippen molar-refractivity contribution in [1.29, 1.82) is 0 Å². The van der Waals surface area contributed by atoms with Crippen LogP contribution < -0.4 is 0 Å². The van der Waals surface area contributed by atoms with E-state index >= 15 is 0 Å². The van der Waals surface area contributed by atoms with E-state index in [1.165, 1.54) is 5.57 Å². The molecule has 0 heterocycles. The second kappa shape index (κ2) is 17.3. The van der Waals surface area contributed by atoms with Crippen LogP contribution in [-0.2, 0) is 0 Å². The summed E-state index contributed by atoms with van der Waals surface area (Å²) in [5.74, 6) is 0. The first-order valence-corrected chi connectivity index (χ1v) is 4.98. The zero-order valence-corrected chi connectivity index (χ0v) is 10.3. The molecule has 0 bridgehead atoms. The maximum absolute atomic E-state index is 3.75. The predicted octanol–water partition coefficient (Wildman–Crippen LogP) is 4.61. The Morgan fingerprint density at radius 3 is 1.69 bits per heavy atom. The molecule has 13 heavy (non-hydrogen) atoms. The van der Waals surface area contributed by atoms with E-state index in [0.717, 1.165) is 5.70 Å². The smallest absolute Gasteiger partial charge is 0.0367 e. The van der Waals surface area contributed by atoms with Crippen LogP contribution in [0.3, 0.4) is 0 Å². The monoisotopic (exact) mass is 183 g/mol. The number of nitrogens with zero attached hydrogens (tertiary/aromatic N) is 1. The minimum absolute atomic E-state index is 0.964. The zero-order valence-electron chi connectivity index (χ0n) is 10.3. The van der Waals surface area contributed by atoms with E-state index in [9.17, 15) is 0 Å². The third kappa shape index (κ3) is 18.3. The fourth-order valence-electron chi connectivity index (χ4n) is 0.458. The summed E-state index contributed by atoms with van der Waals surface area (Å²) >= 11 is 0. The molecule has 0 aromatic carbocycles. The van der Waals surface area contributed by atoms with Crippen molar-refractivity contribution in [3.63, 3.8) is 0 Å². The van der Waals surface area contributed by atoms with Gasteiger partial charge >= 0.3 is 0 Å². The van der Waals surface area contributed by atoms with Crippen LogP contribution in [0.25, 0.3) is 0 Å². The summed E-state index contributed by atoms with van der Waals surface area (Å²) in [6, 6.07) is 0. The summed E-state index contributed by atoms with van der Waals surface area (Å²) in [4.78, 5) is 3.75. The molecule has 0 spiro atoms. The van der Waals surface area contributed by atoms with Crippen molar-refractivity contribution in [1.82, 2.24) is 0 Å². The van der Waals surface area contributed by atoms with Crippen molar-refractivity contribution in [2.45, 2.75) is 48.5 Å². The second-order valence-electron chi connectivity index (χ2n) is 1.98. The van der Waals surface area contributed by atoms with Gasteiger partial charge in [-0.2, -0.15) is 0 Å². The van der Waals surface area contributed by atoms with Crippen molar-refractivity contribution >= 4 is 6.72 Å². The molecule has 0 aliphatic heterocycles. The summed E-state index contributed by atoms with van der Waals surface area (Å²) in [6.07, 6.45) is 4.03. The molecule has 1 nitrogen and oxygen atoms in total. The van der Waals surface area contributed by atoms with Crippen molar-refractivity contribution in [3.05, 3.63) is 23.4 Å². The number of hydrogen-bond donors (Lipinski definition) is 0. The van der Waals surface area contributed by atoms with Gasteiger partial charge in [0.05, 0.1) is 0 Å². The Kier molecular flexibility index (Phi) is 24.0. The molecular weight excluding hydrogens is 158 g/mol. The molecule has 78 valence electrons. The maximum Gasteiger partial charge on any atom is 0.0367 e. The molecule has 0 aliphatic rings. The van der Waals surface area contributed by atoms with Gasteiger partial charge in [-0.15, -0.1) is 0 Å². The van der Waals surface area contributed by atoms with Gasteiger partial charge in [0.2, 0.25) is 0 Å². The van der Waals surface area contributed by atoms with E-state index in [0.29, 0.717) is 0 Å². The predicted molar refractivity (Wildman–Crippen MR) is 65.4 cm³/mol. The third-order valence-corrected chi connectivity index (χ3v) is 1.14. The molecule has 0 aliphatic carbocycles. The van der Waals surface area contributed by atoms with Crippen molar-refractivity contribution in [2.24, 2.45) is 4.99 Å². The van der Waals surface area contributed by atoms with E-state index in [2.05, 4.69) is 11.7 Å². The van der Waals surface area contributed by atoms with Crippen LogP contribution in [0.4, 0.5) is 0 Å². The lowest BCUT2D eigenvalue weighted by molar-refractivity contribution is 1.29. The minimum Gasteiger partial charge on any atom is -0.269 e. The van der Waals surface area contributed by atoms with Crippen LogP contribution >= 0.6 is 0 Å². The molecule has 0 aromatic rings. The van der Waals surface area contributed by atoms with E-state index < -0.39 is 0 Å². The van der Waals surface area contributed by atoms with Gasteiger partial charge in [-0.1, -0.05) is 39.3 Å². The largest absolute Gasteiger partial charge is 0.269 e. The first-order chi connectivity index (χ1) is 6.20. The Morgan fingerprint density at radius 2 is 1.46 bits per heavy atom. The topological polar surface area (TPSA) is 12.4 Å². The molecule has 0 fully saturated rings. The minimum atomic E-state index is 0.964. The highest BCUT2D eigenvalue weighted by atomic mass is 14.7. The average Bonchev–Trinajstić information content (AvgIpc) is 2.23. The van der Waals surface area contributed by atoms with Gasteiger partial charge in [0.1, 0.15) is 0 Å². The Balaban J connectivity index is -0.000000218. The Labute approximate surface area is 84.3 Å². The first-order valence-electron chi connectivity index (χ1n) is 4.98. The molecule has 0 N–H and O–H groups in total. The summed E-state index contributed by atoms with van der Waals surface area (Å²) in [6.45, 7) is 17.4. The average molecular weight is 183 g/mol. The van der Waals surface area contributed by atoms with Crippen LogP contribution in [0.5, 0.6) is 0 Å². The maximum atomic E-state index is 3.75. The van der Waals surface area contributed by atoms with Gasteiger partial charge in [0.15, 0.2) is 0 Å². The van der Waals surface area contributed by atoms with E-state index in [4.69, 9.17) is 0 Å². The van der Waals surface area contributed by atoms with Crippen LogP contribution in [0.2, 0.25) is 0 Å². The fourth-order valence-corrected chi connectivity index (χ4v) is 0.458. The van der Waals surface area contributed by atoms with Gasteiger partial charge in [0.25, 0.3) is 0 Å². The van der Waals surface area contributed by atoms with Gasteiger partial charge in [-0.25, -0.2) is 0 Å². The number of allylic oxidation sites excluding steroid dienone is 4. The molecule has 0 rings (SSSR count). The molecule has 0 saturated carbocycles.